The fraction of sp³-hybridized carbons (Fsp3) is 0.429. The van der Waals surface area contributed by atoms with Gasteiger partial charge in [-0.15, -0.1) is 0 Å². The largest absolute Gasteiger partial charge is 0.377 e. The highest BCUT2D eigenvalue weighted by atomic mass is 35.5. The van der Waals surface area contributed by atoms with Crippen molar-refractivity contribution in [3.63, 3.8) is 0 Å². The summed E-state index contributed by atoms with van der Waals surface area (Å²) in [7, 11) is 1.87. The van der Waals surface area contributed by atoms with E-state index in [9.17, 15) is 0 Å². The van der Waals surface area contributed by atoms with E-state index >= 15 is 0 Å². The Morgan fingerprint density at radius 1 is 1.35 bits per heavy atom. The highest BCUT2D eigenvalue weighted by Gasteiger charge is 2.25. The quantitative estimate of drug-likeness (QED) is 0.660. The molecule has 1 atom stereocenters. The lowest BCUT2D eigenvalue weighted by molar-refractivity contribution is 0.0986. The fourth-order valence-corrected chi connectivity index (χ4v) is 3.03. The number of aromatic nitrogens is 6. The van der Waals surface area contributed by atoms with Crippen molar-refractivity contribution in [2.75, 3.05) is 24.7 Å². The molecule has 0 unspecified atom stereocenters. The molecule has 0 radical (unpaired) electrons. The van der Waals surface area contributed by atoms with Crippen LogP contribution in [0, 0.1) is 0 Å². The molecule has 0 spiro atoms. The van der Waals surface area contributed by atoms with Crippen LogP contribution in [0.4, 0.5) is 5.82 Å². The van der Waals surface area contributed by atoms with Crippen molar-refractivity contribution >= 4 is 28.6 Å². The van der Waals surface area contributed by atoms with E-state index in [1.165, 1.54) is 0 Å². The molecule has 23 heavy (non-hydrogen) atoms. The molecule has 0 amide bonds. The Hall–Kier alpha value is -2.19. The molecule has 3 aromatic heterocycles. The molecule has 0 N–H and O–H groups in total. The first-order chi connectivity index (χ1) is 11.1. The van der Waals surface area contributed by atoms with E-state index in [1.807, 2.05) is 17.7 Å². The normalized spacial score (nSPS) is 18.7. The maximum Gasteiger partial charge on any atom is 0.226 e. The van der Waals surface area contributed by atoms with E-state index in [4.69, 9.17) is 16.3 Å². The molecule has 1 aliphatic rings. The van der Waals surface area contributed by atoms with Crippen molar-refractivity contribution in [2.45, 2.75) is 13.0 Å². The molecule has 1 fully saturated rings. The number of fused-ring (bicyclic) bond motifs is 1. The Morgan fingerprint density at radius 2 is 2.22 bits per heavy atom. The zero-order valence-electron chi connectivity index (χ0n) is 12.8. The second kappa shape index (κ2) is 5.47. The number of aryl methyl sites for hydroxylation is 1. The highest BCUT2D eigenvalue weighted by Crippen LogP contribution is 2.28. The first-order valence-electron chi connectivity index (χ1n) is 7.38. The van der Waals surface area contributed by atoms with Crippen molar-refractivity contribution < 1.29 is 4.74 Å². The molecule has 120 valence electrons. The lowest BCUT2D eigenvalue weighted by atomic mass is 10.2. The molecule has 1 aliphatic heterocycles. The van der Waals surface area contributed by atoms with Crippen LogP contribution in [0.3, 0.4) is 0 Å². The molecule has 9 heteroatoms. The number of rotatable bonds is 2. The van der Waals surface area contributed by atoms with Gasteiger partial charge in [-0.2, -0.15) is 15.1 Å². The molecular formula is C14H16ClN7O. The predicted octanol–water partition coefficient (Wildman–Crippen LogP) is 1.43. The van der Waals surface area contributed by atoms with Crippen LogP contribution >= 0.6 is 11.6 Å². The molecule has 3 aromatic rings. The maximum atomic E-state index is 6.18. The Labute approximate surface area is 137 Å². The van der Waals surface area contributed by atoms with Gasteiger partial charge in [0.1, 0.15) is 12.1 Å². The van der Waals surface area contributed by atoms with Crippen molar-refractivity contribution in [1.29, 1.82) is 0 Å². The molecular weight excluding hydrogens is 318 g/mol. The number of nitrogens with zero attached hydrogens (tertiary/aromatic N) is 7. The lowest BCUT2D eigenvalue weighted by Gasteiger charge is -2.34. The summed E-state index contributed by atoms with van der Waals surface area (Å²) in [5.41, 5.74) is 1.40. The van der Waals surface area contributed by atoms with Gasteiger partial charge in [-0.25, -0.2) is 4.98 Å². The zero-order valence-corrected chi connectivity index (χ0v) is 13.6. The first-order valence-corrected chi connectivity index (χ1v) is 7.76. The topological polar surface area (TPSA) is 73.9 Å². The Kier molecular flexibility index (Phi) is 3.42. The van der Waals surface area contributed by atoms with Crippen LogP contribution in [-0.4, -0.2) is 55.1 Å². The number of morpholine rings is 1. The molecule has 1 saturated heterocycles. The standard InChI is InChI=1S/C14H16ClN7O/c1-9-7-23-6-5-21(9)12-11-13(19-14(15)18-12)22(8-16-11)10-3-4-17-20(10)2/h3-4,8-9H,5-7H2,1-2H3/t9-/m1/s1. The van der Waals surface area contributed by atoms with Gasteiger partial charge in [-0.05, 0) is 18.5 Å². The molecule has 0 bridgehead atoms. The number of halogens is 1. The minimum atomic E-state index is 0.204. The van der Waals surface area contributed by atoms with Gasteiger partial charge in [-0.1, -0.05) is 0 Å². The van der Waals surface area contributed by atoms with Crippen LogP contribution in [0.25, 0.3) is 17.0 Å². The summed E-state index contributed by atoms with van der Waals surface area (Å²) in [5.74, 6) is 1.61. The SMILES string of the molecule is C[C@@H]1COCCN1c1nc(Cl)nc2c1ncn2-c1ccnn1C. The smallest absolute Gasteiger partial charge is 0.226 e. The fourth-order valence-electron chi connectivity index (χ4n) is 2.87. The first kappa shape index (κ1) is 14.4. The summed E-state index contributed by atoms with van der Waals surface area (Å²) in [6.07, 6.45) is 3.45. The summed E-state index contributed by atoms with van der Waals surface area (Å²) >= 11 is 6.18. The Balaban J connectivity index is 1.90. The number of ether oxygens (including phenoxy) is 1. The maximum absolute atomic E-state index is 6.18. The summed E-state index contributed by atoms with van der Waals surface area (Å²) < 4.78 is 9.12. The van der Waals surface area contributed by atoms with Gasteiger partial charge in [0.05, 0.1) is 25.5 Å². The number of imidazole rings is 1. The van der Waals surface area contributed by atoms with Crippen molar-refractivity contribution in [3.05, 3.63) is 23.9 Å². The number of hydrogen-bond acceptors (Lipinski definition) is 6. The summed E-state index contributed by atoms with van der Waals surface area (Å²) in [5, 5.41) is 4.39. The highest BCUT2D eigenvalue weighted by molar-refractivity contribution is 6.28. The van der Waals surface area contributed by atoms with Gasteiger partial charge in [0.25, 0.3) is 0 Å². The minimum absolute atomic E-state index is 0.204. The molecule has 0 saturated carbocycles. The average molecular weight is 334 g/mol. The molecule has 0 aromatic carbocycles. The van der Waals surface area contributed by atoms with E-state index < -0.39 is 0 Å². The van der Waals surface area contributed by atoms with E-state index in [2.05, 4.69) is 31.9 Å². The van der Waals surface area contributed by atoms with Crippen LogP contribution in [-0.2, 0) is 11.8 Å². The van der Waals surface area contributed by atoms with Crippen LogP contribution in [0.1, 0.15) is 6.92 Å². The summed E-state index contributed by atoms with van der Waals surface area (Å²) in [6.45, 7) is 4.17. The number of anilines is 1. The third kappa shape index (κ3) is 2.34. The monoisotopic (exact) mass is 333 g/mol. The average Bonchev–Trinajstić information content (AvgIpc) is 3.13. The van der Waals surface area contributed by atoms with Crippen LogP contribution in [0.2, 0.25) is 5.28 Å². The van der Waals surface area contributed by atoms with Gasteiger partial charge >= 0.3 is 0 Å². The molecule has 0 aliphatic carbocycles. The van der Waals surface area contributed by atoms with Gasteiger partial charge in [0, 0.05) is 19.7 Å². The third-order valence-corrected chi connectivity index (χ3v) is 4.20. The Bertz CT molecular complexity index is 858. The van der Waals surface area contributed by atoms with E-state index in [0.717, 1.165) is 23.7 Å². The van der Waals surface area contributed by atoms with Crippen molar-refractivity contribution in [2.24, 2.45) is 7.05 Å². The molecule has 8 nitrogen and oxygen atoms in total. The van der Waals surface area contributed by atoms with Gasteiger partial charge < -0.3 is 9.64 Å². The zero-order chi connectivity index (χ0) is 16.0. The van der Waals surface area contributed by atoms with E-state index in [1.54, 1.807) is 17.2 Å². The second-order valence-electron chi connectivity index (χ2n) is 5.53. The van der Waals surface area contributed by atoms with E-state index in [-0.39, 0.29) is 11.3 Å². The minimum Gasteiger partial charge on any atom is -0.377 e. The lowest BCUT2D eigenvalue weighted by Crippen LogP contribution is -2.44. The van der Waals surface area contributed by atoms with Crippen molar-refractivity contribution in [1.82, 2.24) is 29.3 Å². The third-order valence-electron chi connectivity index (χ3n) is 4.03. The number of hydrogen-bond donors (Lipinski definition) is 0. The Morgan fingerprint density at radius 3 is 2.96 bits per heavy atom. The van der Waals surface area contributed by atoms with Crippen LogP contribution < -0.4 is 4.90 Å². The van der Waals surface area contributed by atoms with Crippen molar-refractivity contribution in [3.8, 4) is 5.82 Å². The van der Waals surface area contributed by atoms with Gasteiger partial charge in [0.2, 0.25) is 5.28 Å². The molecule has 4 rings (SSSR count). The van der Waals surface area contributed by atoms with Crippen LogP contribution in [0.15, 0.2) is 18.6 Å². The predicted molar refractivity (Wildman–Crippen MR) is 86.1 cm³/mol. The molecule has 4 heterocycles. The van der Waals surface area contributed by atoms with Crippen LogP contribution in [0.5, 0.6) is 0 Å². The van der Waals surface area contributed by atoms with Gasteiger partial charge in [-0.3, -0.25) is 9.25 Å². The summed E-state index contributed by atoms with van der Waals surface area (Å²) in [4.78, 5) is 15.5. The second-order valence-corrected chi connectivity index (χ2v) is 5.87. The van der Waals surface area contributed by atoms with Gasteiger partial charge in [0.15, 0.2) is 17.0 Å². The summed E-state index contributed by atoms with van der Waals surface area (Å²) in [6, 6.07) is 2.11. The van der Waals surface area contributed by atoms with E-state index in [0.29, 0.717) is 18.9 Å².